The molecule has 1 aliphatic heterocycles. The highest BCUT2D eigenvalue weighted by atomic mass is 16.8. The summed E-state index contributed by atoms with van der Waals surface area (Å²) in [7, 11) is 0. The number of carbonyl (C=O) groups excluding carboxylic acids is 1. The van der Waals surface area contributed by atoms with E-state index in [1.165, 1.54) is 0 Å². The molecule has 14 heavy (non-hydrogen) atoms. The zero-order valence-electron chi connectivity index (χ0n) is 8.14. The fourth-order valence-electron chi connectivity index (χ4n) is 2.15. The lowest BCUT2D eigenvalue weighted by Gasteiger charge is -2.14. The van der Waals surface area contributed by atoms with Crippen LogP contribution in [0.2, 0.25) is 0 Å². The van der Waals surface area contributed by atoms with Gasteiger partial charge in [-0.05, 0) is 13.3 Å². The van der Waals surface area contributed by atoms with Crippen molar-refractivity contribution in [2.45, 2.75) is 31.7 Å². The largest absolute Gasteiger partial charge is 0.509 e. The maximum absolute atomic E-state index is 10.9. The Morgan fingerprint density at radius 1 is 1.57 bits per heavy atom. The van der Waals surface area contributed by atoms with Crippen LogP contribution < -0.4 is 0 Å². The molecule has 0 aromatic rings. The van der Waals surface area contributed by atoms with Crippen LogP contribution in [-0.2, 0) is 14.2 Å². The highest BCUT2D eigenvalue weighted by molar-refractivity contribution is 5.63. The second kappa shape index (κ2) is 3.61. The van der Waals surface area contributed by atoms with Crippen molar-refractivity contribution >= 4 is 6.16 Å². The molecule has 1 saturated heterocycles. The zero-order valence-corrected chi connectivity index (χ0v) is 8.14. The maximum Gasteiger partial charge on any atom is 0.509 e. The molecular formula is C10H14O4. The van der Waals surface area contributed by atoms with Gasteiger partial charge in [-0.15, -0.1) is 6.58 Å². The number of rotatable bonds is 3. The molecule has 78 valence electrons. The molecule has 0 radical (unpaired) electrons. The average molecular weight is 198 g/mol. The van der Waals surface area contributed by atoms with Gasteiger partial charge in [-0.3, -0.25) is 0 Å². The van der Waals surface area contributed by atoms with Gasteiger partial charge in [0, 0.05) is 12.5 Å². The summed E-state index contributed by atoms with van der Waals surface area (Å²) in [6.07, 6.45) is 1.55. The molecule has 0 aromatic heterocycles. The number of fused-ring (bicyclic) bond motifs is 1. The second-order valence-corrected chi connectivity index (χ2v) is 3.54. The first-order valence-electron chi connectivity index (χ1n) is 4.87. The zero-order chi connectivity index (χ0) is 10.1. The molecule has 2 fully saturated rings. The van der Waals surface area contributed by atoms with E-state index in [4.69, 9.17) is 14.2 Å². The van der Waals surface area contributed by atoms with Crippen molar-refractivity contribution in [2.75, 3.05) is 6.61 Å². The van der Waals surface area contributed by atoms with E-state index >= 15 is 0 Å². The number of hydrogen-bond donors (Lipinski definition) is 0. The minimum atomic E-state index is -0.587. The topological polar surface area (TPSA) is 44.8 Å². The summed E-state index contributed by atoms with van der Waals surface area (Å²) in [4.78, 5) is 10.9. The summed E-state index contributed by atoms with van der Waals surface area (Å²) in [6.45, 7) is 6.27. The van der Waals surface area contributed by atoms with E-state index in [9.17, 15) is 4.79 Å². The lowest BCUT2D eigenvalue weighted by Crippen LogP contribution is -2.29. The SMILES string of the molecule is C=C[C@H]1C[C@H](OCC)[C@@H]2OC(=O)O[C@@H]21. The average Bonchev–Trinajstić information content (AvgIpc) is 2.66. The first-order chi connectivity index (χ1) is 6.76. The Balaban J connectivity index is 2.10. The standard InChI is InChI=1S/C10H14O4/c1-3-6-5-7(12-4-2)9-8(6)13-10(11)14-9/h3,6-9H,1,4-5H2,2H3/t6-,7-,8+,9-/m0/s1. The molecule has 2 aliphatic rings. The lowest BCUT2D eigenvalue weighted by atomic mass is 10.1. The van der Waals surface area contributed by atoms with Gasteiger partial charge in [-0.25, -0.2) is 4.79 Å². The molecule has 0 amide bonds. The third kappa shape index (κ3) is 1.39. The fraction of sp³-hybridized carbons (Fsp3) is 0.700. The molecule has 2 rings (SSSR count). The van der Waals surface area contributed by atoms with Crippen LogP contribution in [0.1, 0.15) is 13.3 Å². The summed E-state index contributed by atoms with van der Waals surface area (Å²) in [5.41, 5.74) is 0. The van der Waals surface area contributed by atoms with Crippen LogP contribution in [0, 0.1) is 5.92 Å². The van der Waals surface area contributed by atoms with Crippen molar-refractivity contribution in [2.24, 2.45) is 5.92 Å². The maximum atomic E-state index is 10.9. The quantitative estimate of drug-likeness (QED) is 0.509. The van der Waals surface area contributed by atoms with Crippen molar-refractivity contribution in [1.82, 2.24) is 0 Å². The van der Waals surface area contributed by atoms with Crippen molar-refractivity contribution in [3.05, 3.63) is 12.7 Å². The molecule has 0 aromatic carbocycles. The lowest BCUT2D eigenvalue weighted by molar-refractivity contribution is -0.0101. The summed E-state index contributed by atoms with van der Waals surface area (Å²) in [6, 6.07) is 0. The van der Waals surface area contributed by atoms with E-state index in [0.717, 1.165) is 6.42 Å². The Kier molecular flexibility index (Phi) is 2.46. The number of ether oxygens (including phenoxy) is 3. The minimum absolute atomic E-state index is 0.0422. The molecule has 0 unspecified atom stereocenters. The van der Waals surface area contributed by atoms with Crippen LogP contribution >= 0.6 is 0 Å². The van der Waals surface area contributed by atoms with E-state index < -0.39 is 6.16 Å². The van der Waals surface area contributed by atoms with Crippen molar-refractivity contribution in [3.8, 4) is 0 Å². The van der Waals surface area contributed by atoms with Gasteiger partial charge in [0.05, 0.1) is 6.10 Å². The first kappa shape index (κ1) is 9.52. The Hall–Kier alpha value is -1.03. The van der Waals surface area contributed by atoms with Gasteiger partial charge in [0.15, 0.2) is 12.2 Å². The molecular weight excluding hydrogens is 184 g/mol. The third-order valence-corrected chi connectivity index (χ3v) is 2.76. The van der Waals surface area contributed by atoms with Crippen molar-refractivity contribution < 1.29 is 19.0 Å². The van der Waals surface area contributed by atoms with Gasteiger partial charge in [-0.1, -0.05) is 6.08 Å². The monoisotopic (exact) mass is 198 g/mol. The van der Waals surface area contributed by atoms with Gasteiger partial charge < -0.3 is 14.2 Å². The number of hydrogen-bond acceptors (Lipinski definition) is 4. The highest BCUT2D eigenvalue weighted by Crippen LogP contribution is 2.37. The Bertz CT molecular complexity index is 251. The summed E-state index contributed by atoms with van der Waals surface area (Å²) < 4.78 is 15.6. The van der Waals surface area contributed by atoms with Gasteiger partial charge in [0.25, 0.3) is 0 Å². The molecule has 0 bridgehead atoms. The first-order valence-corrected chi connectivity index (χ1v) is 4.87. The van der Waals surface area contributed by atoms with E-state index in [1.54, 1.807) is 6.08 Å². The Morgan fingerprint density at radius 2 is 2.29 bits per heavy atom. The fourth-order valence-corrected chi connectivity index (χ4v) is 2.15. The van der Waals surface area contributed by atoms with Gasteiger partial charge in [0.1, 0.15) is 0 Å². The summed E-state index contributed by atoms with van der Waals surface area (Å²) in [5, 5.41) is 0. The van der Waals surface area contributed by atoms with Crippen LogP contribution in [0.4, 0.5) is 4.79 Å². The molecule has 1 heterocycles. The van der Waals surface area contributed by atoms with Crippen LogP contribution in [0.15, 0.2) is 12.7 Å². The molecule has 4 atom stereocenters. The van der Waals surface area contributed by atoms with Crippen LogP contribution in [-0.4, -0.2) is 31.1 Å². The predicted octanol–water partition coefficient (Wildman–Crippen LogP) is 1.50. The third-order valence-electron chi connectivity index (χ3n) is 2.76. The van der Waals surface area contributed by atoms with E-state index in [0.29, 0.717) is 6.61 Å². The molecule has 1 aliphatic carbocycles. The van der Waals surface area contributed by atoms with Crippen LogP contribution in [0.3, 0.4) is 0 Å². The van der Waals surface area contributed by atoms with Gasteiger partial charge in [0.2, 0.25) is 0 Å². The smallest absolute Gasteiger partial charge is 0.426 e. The van der Waals surface area contributed by atoms with E-state index in [-0.39, 0.29) is 24.2 Å². The van der Waals surface area contributed by atoms with E-state index in [2.05, 4.69) is 6.58 Å². The van der Waals surface area contributed by atoms with Crippen molar-refractivity contribution in [3.63, 3.8) is 0 Å². The highest BCUT2D eigenvalue weighted by Gasteiger charge is 2.52. The molecule has 4 nitrogen and oxygen atoms in total. The minimum Gasteiger partial charge on any atom is -0.426 e. The Morgan fingerprint density at radius 3 is 2.93 bits per heavy atom. The number of carbonyl (C=O) groups is 1. The predicted molar refractivity (Wildman–Crippen MR) is 48.9 cm³/mol. The van der Waals surface area contributed by atoms with Crippen LogP contribution in [0.5, 0.6) is 0 Å². The summed E-state index contributed by atoms with van der Waals surface area (Å²) >= 11 is 0. The van der Waals surface area contributed by atoms with Gasteiger partial charge >= 0.3 is 6.16 Å². The van der Waals surface area contributed by atoms with Crippen LogP contribution in [0.25, 0.3) is 0 Å². The molecule has 1 saturated carbocycles. The second-order valence-electron chi connectivity index (χ2n) is 3.54. The summed E-state index contributed by atoms with van der Waals surface area (Å²) in [5.74, 6) is 0.156. The van der Waals surface area contributed by atoms with Gasteiger partial charge in [-0.2, -0.15) is 0 Å². The molecule has 0 N–H and O–H groups in total. The molecule has 0 spiro atoms. The van der Waals surface area contributed by atoms with Crippen molar-refractivity contribution in [1.29, 1.82) is 0 Å². The Labute approximate surface area is 82.8 Å². The van der Waals surface area contributed by atoms with E-state index in [1.807, 2.05) is 6.92 Å². The molecule has 4 heteroatoms. The normalized spacial score (nSPS) is 40.2.